The zero-order chi connectivity index (χ0) is 21.7. The van der Waals surface area contributed by atoms with E-state index >= 15 is 0 Å². The first-order chi connectivity index (χ1) is 14.1. The van der Waals surface area contributed by atoms with Gasteiger partial charge in [0.2, 0.25) is 0 Å². The van der Waals surface area contributed by atoms with Gasteiger partial charge in [0, 0.05) is 24.2 Å². The number of aromatic nitrogens is 3. The summed E-state index contributed by atoms with van der Waals surface area (Å²) < 4.78 is 31.1. The number of benzene rings is 2. The Morgan fingerprint density at radius 1 is 1.00 bits per heavy atom. The van der Waals surface area contributed by atoms with Gasteiger partial charge in [-0.1, -0.05) is 32.9 Å². The third kappa shape index (κ3) is 3.74. The number of aryl methyl sites for hydroxylation is 3. The number of hydrogen-bond donors (Lipinski definition) is 1. The van der Waals surface area contributed by atoms with Gasteiger partial charge in [-0.15, -0.1) is 10.2 Å². The molecule has 0 fully saturated rings. The van der Waals surface area contributed by atoms with Crippen LogP contribution in [-0.2, 0) is 28.4 Å². The van der Waals surface area contributed by atoms with Gasteiger partial charge in [-0.25, -0.2) is 8.42 Å². The van der Waals surface area contributed by atoms with Crippen molar-refractivity contribution in [1.82, 2.24) is 14.8 Å². The van der Waals surface area contributed by atoms with Crippen molar-refractivity contribution in [3.05, 3.63) is 58.9 Å². The first-order valence-electron chi connectivity index (χ1n) is 10.2. The lowest BCUT2D eigenvalue weighted by molar-refractivity contribution is 0.585. The Bertz CT molecular complexity index is 1180. The Morgan fingerprint density at radius 2 is 1.63 bits per heavy atom. The number of nitrogens with one attached hydrogen (secondary N) is 1. The average molecular weight is 425 g/mol. The van der Waals surface area contributed by atoms with E-state index in [9.17, 15) is 8.42 Å². The summed E-state index contributed by atoms with van der Waals surface area (Å²) >= 11 is 0. The Kier molecular flexibility index (Phi) is 4.97. The molecular formula is C23H28N4O2S. The Hall–Kier alpha value is -2.67. The highest BCUT2D eigenvalue weighted by molar-refractivity contribution is 7.92. The fraction of sp³-hybridized carbons (Fsp3) is 0.391. The molecule has 6 nitrogen and oxygen atoms in total. The number of anilines is 1. The second-order valence-corrected chi connectivity index (χ2v) is 10.7. The van der Waals surface area contributed by atoms with Crippen LogP contribution in [0.1, 0.15) is 49.7 Å². The first kappa shape index (κ1) is 20.6. The first-order valence-corrected chi connectivity index (χ1v) is 11.7. The van der Waals surface area contributed by atoms with Gasteiger partial charge in [-0.2, -0.15) is 0 Å². The van der Waals surface area contributed by atoms with E-state index in [2.05, 4.69) is 40.3 Å². The van der Waals surface area contributed by atoms with Gasteiger partial charge in [-0.3, -0.25) is 4.72 Å². The van der Waals surface area contributed by atoms with Crippen molar-refractivity contribution in [2.24, 2.45) is 0 Å². The van der Waals surface area contributed by atoms with Gasteiger partial charge in [0.15, 0.2) is 5.82 Å². The third-order valence-corrected chi connectivity index (χ3v) is 7.29. The lowest BCUT2D eigenvalue weighted by atomic mass is 9.85. The van der Waals surface area contributed by atoms with Crippen LogP contribution in [0, 0.1) is 13.8 Å². The van der Waals surface area contributed by atoms with Crippen molar-refractivity contribution in [1.29, 1.82) is 0 Å². The summed E-state index contributed by atoms with van der Waals surface area (Å²) in [6.45, 7) is 11.0. The Balaban J connectivity index is 1.61. The van der Waals surface area contributed by atoms with Gasteiger partial charge < -0.3 is 4.57 Å². The molecule has 0 bridgehead atoms. The van der Waals surface area contributed by atoms with Crippen LogP contribution >= 0.6 is 0 Å². The molecule has 2 aromatic carbocycles. The van der Waals surface area contributed by atoms with Crippen molar-refractivity contribution in [2.75, 3.05) is 4.72 Å². The molecule has 0 aliphatic carbocycles. The molecule has 3 aromatic rings. The van der Waals surface area contributed by atoms with Crippen molar-refractivity contribution in [2.45, 2.75) is 64.3 Å². The second kappa shape index (κ2) is 7.23. The normalized spacial score (nSPS) is 14.0. The molecule has 1 aromatic heterocycles. The van der Waals surface area contributed by atoms with Crippen LogP contribution < -0.4 is 4.72 Å². The molecule has 0 amide bonds. The van der Waals surface area contributed by atoms with Crippen LogP contribution in [0.5, 0.6) is 0 Å². The molecule has 0 radical (unpaired) electrons. The Labute approximate surface area is 178 Å². The highest BCUT2D eigenvalue weighted by atomic mass is 32.2. The average Bonchev–Trinajstić information content (AvgIpc) is 3.24. The molecule has 1 aliphatic heterocycles. The van der Waals surface area contributed by atoms with E-state index in [0.29, 0.717) is 10.6 Å². The highest BCUT2D eigenvalue weighted by Gasteiger charge is 2.24. The maximum atomic E-state index is 13.1. The molecule has 30 heavy (non-hydrogen) atoms. The predicted octanol–water partition coefficient (Wildman–Crippen LogP) is 4.61. The summed E-state index contributed by atoms with van der Waals surface area (Å²) in [6, 6.07) is 11.3. The fourth-order valence-corrected chi connectivity index (χ4v) is 5.58. The molecule has 4 rings (SSSR count). The highest BCUT2D eigenvalue weighted by Crippen LogP contribution is 2.31. The second-order valence-electron chi connectivity index (χ2n) is 9.07. The minimum Gasteiger partial charge on any atom is -0.311 e. The molecule has 0 saturated carbocycles. The largest absolute Gasteiger partial charge is 0.311 e. The van der Waals surface area contributed by atoms with E-state index < -0.39 is 10.0 Å². The molecule has 158 valence electrons. The molecular weight excluding hydrogens is 396 g/mol. The fourth-order valence-electron chi connectivity index (χ4n) is 4.06. The topological polar surface area (TPSA) is 76.9 Å². The summed E-state index contributed by atoms with van der Waals surface area (Å²) in [5.41, 5.74) is 4.05. The smallest absolute Gasteiger partial charge is 0.262 e. The van der Waals surface area contributed by atoms with Gasteiger partial charge in [0.1, 0.15) is 5.82 Å². The molecule has 0 atom stereocenters. The quantitative estimate of drug-likeness (QED) is 0.664. The van der Waals surface area contributed by atoms with Gasteiger partial charge >= 0.3 is 0 Å². The van der Waals surface area contributed by atoms with Crippen molar-refractivity contribution in [3.63, 3.8) is 0 Å². The maximum Gasteiger partial charge on any atom is 0.262 e. The van der Waals surface area contributed by atoms with Gasteiger partial charge in [-0.05, 0) is 66.6 Å². The molecule has 0 unspecified atom stereocenters. The zero-order valence-electron chi connectivity index (χ0n) is 18.2. The summed E-state index contributed by atoms with van der Waals surface area (Å²) in [5, 5.41) is 8.53. The van der Waals surface area contributed by atoms with Crippen molar-refractivity contribution >= 4 is 15.7 Å². The number of fused-ring (bicyclic) bond motifs is 1. The third-order valence-electron chi connectivity index (χ3n) is 5.60. The minimum absolute atomic E-state index is 0.0387. The lowest BCUT2D eigenvalue weighted by Gasteiger charge is -2.22. The SMILES string of the molecule is Cc1cc(C(C)(C)C)cc(C)c1S(=O)(=O)Nc1ccc(-c2nnc3n2CCC3)cc1. The molecule has 2 heterocycles. The molecule has 0 spiro atoms. The number of rotatable bonds is 4. The van der Waals surface area contributed by atoms with Gasteiger partial charge in [0.05, 0.1) is 4.90 Å². The predicted molar refractivity (Wildman–Crippen MR) is 119 cm³/mol. The minimum atomic E-state index is -3.70. The standard InChI is InChI=1S/C23H28N4O2S/c1-15-13-18(23(3,4)5)14-16(2)21(15)30(28,29)26-19-10-8-17(9-11-19)22-25-24-20-7-6-12-27(20)22/h8-11,13-14,26H,6-7,12H2,1-5H3. The molecule has 0 saturated heterocycles. The zero-order valence-corrected chi connectivity index (χ0v) is 19.0. The van der Waals surface area contributed by atoms with Crippen molar-refractivity contribution in [3.8, 4) is 11.4 Å². The van der Waals surface area contributed by atoms with Crippen LogP contribution in [-0.4, -0.2) is 23.2 Å². The van der Waals surface area contributed by atoms with Crippen LogP contribution in [0.15, 0.2) is 41.3 Å². The maximum absolute atomic E-state index is 13.1. The van der Waals surface area contributed by atoms with Crippen LogP contribution in [0.3, 0.4) is 0 Å². The summed E-state index contributed by atoms with van der Waals surface area (Å²) in [7, 11) is -3.70. The van der Waals surface area contributed by atoms with Crippen LogP contribution in [0.2, 0.25) is 0 Å². The summed E-state index contributed by atoms with van der Waals surface area (Å²) in [6.07, 6.45) is 2.04. The molecule has 7 heteroatoms. The lowest BCUT2D eigenvalue weighted by Crippen LogP contribution is -2.18. The number of nitrogens with zero attached hydrogens (tertiary/aromatic N) is 3. The number of hydrogen-bond acceptors (Lipinski definition) is 4. The summed E-state index contributed by atoms with van der Waals surface area (Å²) in [5.74, 6) is 1.85. The monoisotopic (exact) mass is 424 g/mol. The molecule has 1 aliphatic rings. The van der Waals surface area contributed by atoms with Gasteiger partial charge in [0.25, 0.3) is 10.0 Å². The van der Waals surface area contributed by atoms with E-state index in [1.54, 1.807) is 12.1 Å². The van der Waals surface area contributed by atoms with E-state index in [1.807, 2.05) is 38.1 Å². The summed E-state index contributed by atoms with van der Waals surface area (Å²) in [4.78, 5) is 0.342. The Morgan fingerprint density at radius 3 is 2.23 bits per heavy atom. The van der Waals surface area contributed by atoms with Crippen LogP contribution in [0.25, 0.3) is 11.4 Å². The van der Waals surface area contributed by atoms with E-state index in [-0.39, 0.29) is 5.41 Å². The van der Waals surface area contributed by atoms with E-state index in [4.69, 9.17) is 0 Å². The van der Waals surface area contributed by atoms with E-state index in [0.717, 1.165) is 53.3 Å². The van der Waals surface area contributed by atoms with Crippen molar-refractivity contribution < 1.29 is 8.42 Å². The van der Waals surface area contributed by atoms with E-state index in [1.165, 1.54) is 0 Å². The van der Waals surface area contributed by atoms with Crippen LogP contribution in [0.4, 0.5) is 5.69 Å². The molecule has 1 N–H and O–H groups in total. The number of sulfonamides is 1.